The average Bonchev–Trinajstić information content (AvgIpc) is 2.74. The Morgan fingerprint density at radius 1 is 1.22 bits per heavy atom. The van der Waals surface area contributed by atoms with Gasteiger partial charge in [-0.25, -0.2) is 0 Å². The van der Waals surface area contributed by atoms with Crippen LogP contribution in [0.5, 0.6) is 0 Å². The molecule has 2 aromatic rings. The molecule has 0 radical (unpaired) electrons. The zero-order valence-electron chi connectivity index (χ0n) is 12.3. The van der Waals surface area contributed by atoms with E-state index in [1.807, 2.05) is 18.2 Å². The van der Waals surface area contributed by atoms with Gasteiger partial charge in [-0.3, -0.25) is 9.59 Å². The molecule has 6 heteroatoms. The normalized spacial score (nSPS) is 16.4. The SMILES string of the molecule is CC(=O)N[C@@H]1C(=O)N(Cc2ccccc2Cl)c2ccc(Cl)cc21. The van der Waals surface area contributed by atoms with Crippen LogP contribution in [-0.2, 0) is 16.1 Å². The summed E-state index contributed by atoms with van der Waals surface area (Å²) in [5.74, 6) is -0.466. The average molecular weight is 349 g/mol. The molecule has 1 aliphatic heterocycles. The second-order valence-corrected chi connectivity index (χ2v) is 6.20. The van der Waals surface area contributed by atoms with E-state index in [0.717, 1.165) is 11.3 Å². The number of nitrogens with zero attached hydrogens (tertiary/aromatic N) is 1. The van der Waals surface area contributed by atoms with E-state index in [4.69, 9.17) is 23.2 Å². The molecule has 1 aliphatic rings. The van der Waals surface area contributed by atoms with Crippen molar-refractivity contribution in [3.05, 3.63) is 63.6 Å². The van der Waals surface area contributed by atoms with Gasteiger partial charge in [0.05, 0.1) is 6.54 Å². The minimum atomic E-state index is -0.719. The van der Waals surface area contributed by atoms with Gasteiger partial charge in [-0.2, -0.15) is 0 Å². The molecular weight excluding hydrogens is 335 g/mol. The molecule has 0 fully saturated rings. The van der Waals surface area contributed by atoms with Gasteiger partial charge in [0, 0.05) is 28.2 Å². The maximum atomic E-state index is 12.7. The third-order valence-electron chi connectivity index (χ3n) is 3.74. The molecule has 0 spiro atoms. The summed E-state index contributed by atoms with van der Waals surface area (Å²) in [5.41, 5.74) is 2.27. The fourth-order valence-electron chi connectivity index (χ4n) is 2.71. The Morgan fingerprint density at radius 2 is 1.96 bits per heavy atom. The first kappa shape index (κ1) is 15.8. The molecular formula is C17H14Cl2N2O2. The van der Waals surface area contributed by atoms with Crippen LogP contribution >= 0.6 is 23.2 Å². The summed E-state index contributed by atoms with van der Waals surface area (Å²) < 4.78 is 0. The second kappa shape index (κ2) is 6.22. The molecule has 0 aliphatic carbocycles. The minimum absolute atomic E-state index is 0.197. The zero-order chi connectivity index (χ0) is 16.6. The van der Waals surface area contributed by atoms with Gasteiger partial charge < -0.3 is 10.2 Å². The largest absolute Gasteiger partial charge is 0.341 e. The van der Waals surface area contributed by atoms with Crippen molar-refractivity contribution in [2.45, 2.75) is 19.5 Å². The Hall–Kier alpha value is -2.04. The summed E-state index contributed by atoms with van der Waals surface area (Å²) in [6.45, 7) is 1.72. The van der Waals surface area contributed by atoms with Gasteiger partial charge in [0.2, 0.25) is 5.91 Å². The lowest BCUT2D eigenvalue weighted by molar-refractivity contribution is -0.126. The number of benzene rings is 2. The minimum Gasteiger partial charge on any atom is -0.341 e. The van der Waals surface area contributed by atoms with Crippen LogP contribution < -0.4 is 10.2 Å². The van der Waals surface area contributed by atoms with Crippen molar-refractivity contribution in [3.63, 3.8) is 0 Å². The predicted octanol–water partition coefficient (Wildman–Crippen LogP) is 3.72. The van der Waals surface area contributed by atoms with E-state index in [1.54, 1.807) is 29.2 Å². The number of carbonyl (C=O) groups is 2. The van der Waals surface area contributed by atoms with Crippen molar-refractivity contribution in [1.82, 2.24) is 5.32 Å². The van der Waals surface area contributed by atoms with E-state index in [0.29, 0.717) is 22.2 Å². The van der Waals surface area contributed by atoms with Crippen molar-refractivity contribution in [2.24, 2.45) is 0 Å². The smallest absolute Gasteiger partial charge is 0.254 e. The fraction of sp³-hybridized carbons (Fsp3) is 0.176. The van der Waals surface area contributed by atoms with Crippen LogP contribution in [0.2, 0.25) is 10.0 Å². The van der Waals surface area contributed by atoms with Crippen LogP contribution in [0, 0.1) is 0 Å². The van der Waals surface area contributed by atoms with Crippen LogP contribution in [0.4, 0.5) is 5.69 Å². The first-order chi connectivity index (χ1) is 11.0. The standard InChI is InChI=1S/C17H14Cl2N2O2/c1-10(22)20-16-13-8-12(18)6-7-15(13)21(17(16)23)9-11-4-2-3-5-14(11)19/h2-8,16H,9H2,1H3,(H,20,22)/t16-/m0/s1. The summed E-state index contributed by atoms with van der Waals surface area (Å²) in [6, 6.07) is 11.9. The number of hydrogen-bond acceptors (Lipinski definition) is 2. The van der Waals surface area contributed by atoms with Gasteiger partial charge in [-0.1, -0.05) is 41.4 Å². The van der Waals surface area contributed by atoms with E-state index in [2.05, 4.69) is 5.32 Å². The van der Waals surface area contributed by atoms with Crippen molar-refractivity contribution in [3.8, 4) is 0 Å². The number of amides is 2. The number of nitrogens with one attached hydrogen (secondary N) is 1. The Morgan fingerprint density at radius 3 is 2.65 bits per heavy atom. The molecule has 0 aromatic heterocycles. The maximum absolute atomic E-state index is 12.7. The maximum Gasteiger partial charge on any atom is 0.254 e. The number of halogens is 2. The number of rotatable bonds is 3. The highest BCUT2D eigenvalue weighted by molar-refractivity contribution is 6.31. The van der Waals surface area contributed by atoms with Gasteiger partial charge in [-0.05, 0) is 29.8 Å². The summed E-state index contributed by atoms with van der Waals surface area (Å²) in [4.78, 5) is 25.8. The second-order valence-electron chi connectivity index (χ2n) is 5.35. The Labute approximate surface area is 144 Å². The number of hydrogen-bond donors (Lipinski definition) is 1. The van der Waals surface area contributed by atoms with Gasteiger partial charge in [-0.15, -0.1) is 0 Å². The van der Waals surface area contributed by atoms with Gasteiger partial charge in [0.25, 0.3) is 5.91 Å². The van der Waals surface area contributed by atoms with E-state index in [9.17, 15) is 9.59 Å². The first-order valence-electron chi connectivity index (χ1n) is 7.08. The van der Waals surface area contributed by atoms with Gasteiger partial charge >= 0.3 is 0 Å². The Balaban J connectivity index is 2.00. The van der Waals surface area contributed by atoms with Gasteiger partial charge in [0.1, 0.15) is 6.04 Å². The third kappa shape index (κ3) is 3.05. The molecule has 0 saturated carbocycles. The van der Waals surface area contributed by atoms with Crippen molar-refractivity contribution in [2.75, 3.05) is 4.90 Å². The monoisotopic (exact) mass is 348 g/mol. The number of anilines is 1. The number of carbonyl (C=O) groups excluding carboxylic acids is 2. The molecule has 3 rings (SSSR count). The van der Waals surface area contributed by atoms with Crippen LogP contribution in [0.3, 0.4) is 0 Å². The molecule has 1 N–H and O–H groups in total. The highest BCUT2D eigenvalue weighted by Crippen LogP contribution is 2.39. The van der Waals surface area contributed by atoms with E-state index >= 15 is 0 Å². The molecule has 0 saturated heterocycles. The van der Waals surface area contributed by atoms with Crippen molar-refractivity contribution >= 4 is 40.7 Å². The summed E-state index contributed by atoms with van der Waals surface area (Å²) in [6.07, 6.45) is 0. The van der Waals surface area contributed by atoms with Crippen LogP contribution in [-0.4, -0.2) is 11.8 Å². The van der Waals surface area contributed by atoms with E-state index in [1.165, 1.54) is 6.92 Å². The molecule has 1 heterocycles. The molecule has 0 bridgehead atoms. The molecule has 1 atom stereocenters. The lowest BCUT2D eigenvalue weighted by Gasteiger charge is -2.19. The van der Waals surface area contributed by atoms with E-state index < -0.39 is 6.04 Å². The Bertz CT molecular complexity index is 792. The van der Waals surface area contributed by atoms with Crippen LogP contribution in [0.15, 0.2) is 42.5 Å². The molecule has 23 heavy (non-hydrogen) atoms. The topological polar surface area (TPSA) is 49.4 Å². The molecule has 118 valence electrons. The molecule has 2 aromatic carbocycles. The van der Waals surface area contributed by atoms with E-state index in [-0.39, 0.29) is 11.8 Å². The number of fused-ring (bicyclic) bond motifs is 1. The predicted molar refractivity (Wildman–Crippen MR) is 90.7 cm³/mol. The quantitative estimate of drug-likeness (QED) is 0.918. The van der Waals surface area contributed by atoms with Crippen LogP contribution in [0.1, 0.15) is 24.1 Å². The lowest BCUT2D eigenvalue weighted by Crippen LogP contribution is -2.36. The first-order valence-corrected chi connectivity index (χ1v) is 7.84. The lowest BCUT2D eigenvalue weighted by atomic mass is 10.1. The van der Waals surface area contributed by atoms with Gasteiger partial charge in [0.15, 0.2) is 0 Å². The molecule has 0 unspecified atom stereocenters. The van der Waals surface area contributed by atoms with Crippen molar-refractivity contribution < 1.29 is 9.59 Å². The zero-order valence-corrected chi connectivity index (χ0v) is 13.9. The Kier molecular flexibility index (Phi) is 4.28. The highest BCUT2D eigenvalue weighted by atomic mass is 35.5. The third-order valence-corrected chi connectivity index (χ3v) is 4.34. The summed E-state index contributed by atoms with van der Waals surface area (Å²) in [5, 5.41) is 3.80. The van der Waals surface area contributed by atoms with Crippen molar-refractivity contribution in [1.29, 1.82) is 0 Å². The summed E-state index contributed by atoms with van der Waals surface area (Å²) >= 11 is 12.2. The van der Waals surface area contributed by atoms with Crippen LogP contribution in [0.25, 0.3) is 0 Å². The summed E-state index contributed by atoms with van der Waals surface area (Å²) in [7, 11) is 0. The highest BCUT2D eigenvalue weighted by Gasteiger charge is 2.38. The molecule has 2 amide bonds. The fourth-order valence-corrected chi connectivity index (χ4v) is 3.09. The molecule has 4 nitrogen and oxygen atoms in total.